The molecular formula is C12H9ClN2OS. The normalized spacial score (nSPS) is 11.4. The molecule has 0 spiro atoms. The molecule has 0 bridgehead atoms. The van der Waals surface area contributed by atoms with E-state index in [4.69, 9.17) is 11.6 Å². The maximum atomic E-state index is 12.0. The van der Waals surface area contributed by atoms with Gasteiger partial charge in [0.1, 0.15) is 0 Å². The summed E-state index contributed by atoms with van der Waals surface area (Å²) in [6.07, 6.45) is 0. The highest BCUT2D eigenvalue weighted by atomic mass is 35.5. The molecule has 0 unspecified atom stereocenters. The Hall–Kier alpha value is -1.39. The molecule has 2 heterocycles. The van der Waals surface area contributed by atoms with Gasteiger partial charge >= 0.3 is 0 Å². The molecule has 3 nitrogen and oxygen atoms in total. The Morgan fingerprint density at radius 3 is 3.06 bits per heavy atom. The van der Waals surface area contributed by atoms with Crippen LogP contribution >= 0.6 is 22.9 Å². The number of halogens is 1. The van der Waals surface area contributed by atoms with Crippen LogP contribution in [0.2, 0.25) is 0 Å². The zero-order valence-corrected chi connectivity index (χ0v) is 10.7. The minimum atomic E-state index is -0.0671. The third-order valence-corrected chi connectivity index (χ3v) is 4.17. The first kappa shape index (κ1) is 10.7. The first-order valence-electron chi connectivity index (χ1n) is 5.17. The van der Waals surface area contributed by atoms with Crippen LogP contribution < -0.4 is 5.56 Å². The molecule has 5 heteroatoms. The number of hydrogen-bond donors (Lipinski definition) is 0. The van der Waals surface area contributed by atoms with Crippen LogP contribution in [0, 0.1) is 6.92 Å². The van der Waals surface area contributed by atoms with Crippen LogP contribution in [0.5, 0.6) is 0 Å². The van der Waals surface area contributed by atoms with Crippen molar-refractivity contribution in [2.75, 3.05) is 0 Å². The molecule has 2 aromatic heterocycles. The Morgan fingerprint density at radius 1 is 1.47 bits per heavy atom. The standard InChI is InChI=1S/C12H9ClN2OS/c1-7-3-2-4-9-11(7)17-12-14-8(6-13)5-10(16)15(9)12/h2-5H,6H2,1H3. The second-order valence-corrected chi connectivity index (χ2v) is 5.11. The number of benzene rings is 1. The van der Waals surface area contributed by atoms with Gasteiger partial charge in [-0.05, 0) is 18.6 Å². The minimum absolute atomic E-state index is 0.0671. The highest BCUT2D eigenvalue weighted by Crippen LogP contribution is 2.26. The first-order chi connectivity index (χ1) is 8.20. The van der Waals surface area contributed by atoms with E-state index in [-0.39, 0.29) is 11.4 Å². The summed E-state index contributed by atoms with van der Waals surface area (Å²) >= 11 is 7.25. The molecule has 0 amide bonds. The van der Waals surface area contributed by atoms with E-state index in [1.807, 2.05) is 25.1 Å². The number of fused-ring (bicyclic) bond motifs is 3. The van der Waals surface area contributed by atoms with Crippen LogP contribution in [-0.4, -0.2) is 9.38 Å². The second kappa shape index (κ2) is 3.82. The summed E-state index contributed by atoms with van der Waals surface area (Å²) in [6.45, 7) is 2.03. The van der Waals surface area contributed by atoms with Crippen LogP contribution in [0.4, 0.5) is 0 Å². The molecule has 3 rings (SSSR count). The van der Waals surface area contributed by atoms with E-state index in [0.717, 1.165) is 15.8 Å². The highest BCUT2D eigenvalue weighted by Gasteiger charge is 2.10. The zero-order valence-electron chi connectivity index (χ0n) is 9.11. The Morgan fingerprint density at radius 2 is 2.29 bits per heavy atom. The monoisotopic (exact) mass is 264 g/mol. The molecule has 0 atom stereocenters. The lowest BCUT2D eigenvalue weighted by molar-refractivity contribution is 1.06. The van der Waals surface area contributed by atoms with Crippen molar-refractivity contribution in [2.24, 2.45) is 0 Å². The third kappa shape index (κ3) is 1.56. The number of aryl methyl sites for hydroxylation is 1. The fourth-order valence-electron chi connectivity index (χ4n) is 1.90. The molecule has 1 aromatic carbocycles. The van der Waals surface area contributed by atoms with Crippen LogP contribution in [0.15, 0.2) is 29.1 Å². The molecule has 0 aliphatic heterocycles. The van der Waals surface area contributed by atoms with Gasteiger partial charge in [-0.1, -0.05) is 23.5 Å². The predicted octanol–water partition coefficient (Wildman–Crippen LogP) is 2.96. The van der Waals surface area contributed by atoms with Crippen molar-refractivity contribution >= 4 is 38.1 Å². The largest absolute Gasteiger partial charge is 0.269 e. The van der Waals surface area contributed by atoms with Crippen molar-refractivity contribution in [2.45, 2.75) is 12.8 Å². The van der Waals surface area contributed by atoms with Gasteiger partial charge in [0.2, 0.25) is 0 Å². The van der Waals surface area contributed by atoms with Gasteiger partial charge < -0.3 is 0 Å². The maximum Gasteiger partial charge on any atom is 0.259 e. The van der Waals surface area contributed by atoms with Crippen molar-refractivity contribution in [3.05, 3.63) is 45.9 Å². The lowest BCUT2D eigenvalue weighted by Gasteiger charge is -1.97. The predicted molar refractivity (Wildman–Crippen MR) is 71.1 cm³/mol. The number of aromatic nitrogens is 2. The summed E-state index contributed by atoms with van der Waals surface area (Å²) in [7, 11) is 0. The molecular weight excluding hydrogens is 256 g/mol. The molecule has 0 aliphatic carbocycles. The molecule has 17 heavy (non-hydrogen) atoms. The second-order valence-electron chi connectivity index (χ2n) is 3.86. The Bertz CT molecular complexity index is 775. The number of hydrogen-bond acceptors (Lipinski definition) is 3. The van der Waals surface area contributed by atoms with Crippen molar-refractivity contribution in [1.82, 2.24) is 9.38 Å². The Kier molecular flexibility index (Phi) is 2.42. The summed E-state index contributed by atoms with van der Waals surface area (Å²) in [5.74, 6) is 0.263. The smallest absolute Gasteiger partial charge is 0.259 e. The molecule has 0 N–H and O–H groups in total. The number of nitrogens with zero attached hydrogens (tertiary/aromatic N) is 2. The van der Waals surface area contributed by atoms with Crippen molar-refractivity contribution in [3.8, 4) is 0 Å². The molecule has 86 valence electrons. The zero-order chi connectivity index (χ0) is 12.0. The van der Waals surface area contributed by atoms with Gasteiger partial charge in [-0.25, -0.2) is 4.98 Å². The average Bonchev–Trinajstić information content (AvgIpc) is 2.69. The van der Waals surface area contributed by atoms with Crippen LogP contribution in [0.3, 0.4) is 0 Å². The number of alkyl halides is 1. The van der Waals surface area contributed by atoms with E-state index >= 15 is 0 Å². The van der Waals surface area contributed by atoms with Gasteiger partial charge in [0.15, 0.2) is 4.96 Å². The average molecular weight is 265 g/mol. The number of thiazole rings is 1. The summed E-state index contributed by atoms with van der Waals surface area (Å²) in [6, 6.07) is 7.42. The Labute approximate surface area is 106 Å². The van der Waals surface area contributed by atoms with Gasteiger partial charge in [-0.2, -0.15) is 0 Å². The quantitative estimate of drug-likeness (QED) is 0.634. The van der Waals surface area contributed by atoms with E-state index in [1.54, 1.807) is 4.40 Å². The van der Waals surface area contributed by atoms with E-state index in [9.17, 15) is 4.79 Å². The van der Waals surface area contributed by atoms with Crippen LogP contribution in [0.25, 0.3) is 15.2 Å². The minimum Gasteiger partial charge on any atom is -0.269 e. The van der Waals surface area contributed by atoms with Crippen molar-refractivity contribution in [3.63, 3.8) is 0 Å². The van der Waals surface area contributed by atoms with Gasteiger partial charge in [-0.15, -0.1) is 11.6 Å². The molecule has 0 aliphatic rings. The number of rotatable bonds is 1. The Balaban J connectivity index is 2.56. The summed E-state index contributed by atoms with van der Waals surface area (Å²) in [4.78, 5) is 17.1. The third-order valence-electron chi connectivity index (χ3n) is 2.70. The summed E-state index contributed by atoms with van der Waals surface area (Å²) in [5.41, 5.74) is 2.64. The highest BCUT2D eigenvalue weighted by molar-refractivity contribution is 7.23. The molecule has 0 fully saturated rings. The topological polar surface area (TPSA) is 34.4 Å². The van der Waals surface area contributed by atoms with Gasteiger partial charge in [0.25, 0.3) is 5.56 Å². The van der Waals surface area contributed by atoms with Gasteiger partial charge in [-0.3, -0.25) is 9.20 Å². The van der Waals surface area contributed by atoms with Crippen LogP contribution in [-0.2, 0) is 5.88 Å². The first-order valence-corrected chi connectivity index (χ1v) is 6.52. The van der Waals surface area contributed by atoms with Crippen molar-refractivity contribution < 1.29 is 0 Å². The SMILES string of the molecule is Cc1cccc2c1sc1nc(CCl)cc(=O)n12. The molecule has 3 aromatic rings. The lowest BCUT2D eigenvalue weighted by Crippen LogP contribution is -2.13. The van der Waals surface area contributed by atoms with Gasteiger partial charge in [0.05, 0.1) is 21.8 Å². The fourth-order valence-corrected chi connectivity index (χ4v) is 3.16. The van der Waals surface area contributed by atoms with E-state index in [1.165, 1.54) is 17.4 Å². The molecule has 0 saturated carbocycles. The lowest BCUT2D eigenvalue weighted by atomic mass is 10.2. The van der Waals surface area contributed by atoms with Gasteiger partial charge in [0, 0.05) is 6.07 Å². The summed E-state index contributed by atoms with van der Waals surface area (Å²) < 4.78 is 2.74. The molecule has 0 saturated heterocycles. The van der Waals surface area contributed by atoms with Crippen molar-refractivity contribution in [1.29, 1.82) is 0 Å². The summed E-state index contributed by atoms with van der Waals surface area (Å²) in [5, 5.41) is 0. The van der Waals surface area contributed by atoms with E-state index in [2.05, 4.69) is 4.98 Å². The fraction of sp³-hybridized carbons (Fsp3) is 0.167. The maximum absolute atomic E-state index is 12.0. The van der Waals surface area contributed by atoms with E-state index < -0.39 is 0 Å². The molecule has 0 radical (unpaired) electrons. The van der Waals surface area contributed by atoms with Crippen LogP contribution in [0.1, 0.15) is 11.3 Å². The van der Waals surface area contributed by atoms with E-state index in [0.29, 0.717) is 10.7 Å².